The number of benzene rings is 1. The highest BCUT2D eigenvalue weighted by Crippen LogP contribution is 2.30. The summed E-state index contributed by atoms with van der Waals surface area (Å²) in [5, 5.41) is 6.30. The maximum atomic E-state index is 12.1. The van der Waals surface area contributed by atoms with Crippen molar-refractivity contribution in [2.75, 3.05) is 6.54 Å². The summed E-state index contributed by atoms with van der Waals surface area (Å²) in [5.74, 6) is -0.0577. The number of hydrogen-bond acceptors (Lipinski definition) is 4. The molecule has 2 rings (SSSR count). The second kappa shape index (κ2) is 7.90. The van der Waals surface area contributed by atoms with Gasteiger partial charge in [0.1, 0.15) is 5.01 Å². The van der Waals surface area contributed by atoms with Crippen molar-refractivity contribution in [3.8, 4) is 10.6 Å². The van der Waals surface area contributed by atoms with Gasteiger partial charge in [0.2, 0.25) is 5.91 Å². The minimum absolute atomic E-state index is 0.0577. The van der Waals surface area contributed by atoms with Crippen molar-refractivity contribution in [2.24, 2.45) is 5.73 Å². The highest BCUT2D eigenvalue weighted by molar-refractivity contribution is 7.13. The molecule has 6 heteroatoms. The average molecular weight is 352 g/mol. The fourth-order valence-corrected chi connectivity index (χ4v) is 3.29. The first-order chi connectivity index (χ1) is 11.0. The zero-order chi connectivity index (χ0) is 16.9. The lowest BCUT2D eigenvalue weighted by Crippen LogP contribution is -2.49. The number of hydrogen-bond donors (Lipinski definition) is 2. The molecule has 1 heterocycles. The van der Waals surface area contributed by atoms with Gasteiger partial charge in [-0.1, -0.05) is 43.6 Å². The minimum Gasteiger partial charge on any atom is -0.354 e. The van der Waals surface area contributed by atoms with E-state index < -0.39 is 0 Å². The van der Waals surface area contributed by atoms with Crippen LogP contribution < -0.4 is 11.1 Å². The molecule has 0 atom stereocenters. The lowest BCUT2D eigenvalue weighted by atomic mass is 9.94. The van der Waals surface area contributed by atoms with Crippen LogP contribution in [0.4, 0.5) is 0 Å². The Labute approximate surface area is 146 Å². The third-order valence-corrected chi connectivity index (χ3v) is 5.30. The van der Waals surface area contributed by atoms with E-state index in [4.69, 9.17) is 17.3 Å². The van der Waals surface area contributed by atoms with Gasteiger partial charge >= 0.3 is 0 Å². The molecule has 0 saturated heterocycles. The fraction of sp³-hybridized carbons (Fsp3) is 0.412. The summed E-state index contributed by atoms with van der Waals surface area (Å²) in [4.78, 5) is 16.6. The molecule has 0 unspecified atom stereocenters. The third kappa shape index (κ3) is 4.77. The van der Waals surface area contributed by atoms with Gasteiger partial charge in [-0.2, -0.15) is 0 Å². The van der Waals surface area contributed by atoms with Gasteiger partial charge in [-0.15, -0.1) is 11.3 Å². The quantitative estimate of drug-likeness (QED) is 0.800. The maximum absolute atomic E-state index is 12.1. The summed E-state index contributed by atoms with van der Waals surface area (Å²) < 4.78 is 0. The highest BCUT2D eigenvalue weighted by Gasteiger charge is 2.21. The number of thiazole rings is 1. The lowest BCUT2D eigenvalue weighted by molar-refractivity contribution is -0.120. The van der Waals surface area contributed by atoms with E-state index in [9.17, 15) is 4.79 Å². The predicted octanol–water partition coefficient (Wildman–Crippen LogP) is 3.64. The SMILES string of the molecule is CCC(N)(CC)CNC(=O)Cc1csc(-c2ccccc2Cl)n1. The number of halogens is 1. The van der Waals surface area contributed by atoms with E-state index in [2.05, 4.69) is 10.3 Å². The first-order valence-electron chi connectivity index (χ1n) is 7.72. The maximum Gasteiger partial charge on any atom is 0.226 e. The molecule has 124 valence electrons. The van der Waals surface area contributed by atoms with E-state index in [0.717, 1.165) is 29.1 Å². The molecule has 23 heavy (non-hydrogen) atoms. The van der Waals surface area contributed by atoms with Crippen LogP contribution in [0.2, 0.25) is 5.02 Å². The molecule has 0 fully saturated rings. The Hall–Kier alpha value is -1.43. The van der Waals surface area contributed by atoms with E-state index in [-0.39, 0.29) is 17.9 Å². The summed E-state index contributed by atoms with van der Waals surface area (Å²) in [6.07, 6.45) is 1.92. The van der Waals surface area contributed by atoms with Crippen LogP contribution in [0.25, 0.3) is 10.6 Å². The lowest BCUT2D eigenvalue weighted by Gasteiger charge is -2.26. The van der Waals surface area contributed by atoms with Crippen LogP contribution in [0.15, 0.2) is 29.6 Å². The van der Waals surface area contributed by atoms with Crippen LogP contribution in [0.5, 0.6) is 0 Å². The van der Waals surface area contributed by atoms with Gasteiger partial charge in [0.25, 0.3) is 0 Å². The number of amides is 1. The number of nitrogens with two attached hydrogens (primary N) is 1. The number of carbonyl (C=O) groups excluding carboxylic acids is 1. The molecular formula is C17H22ClN3OS. The van der Waals surface area contributed by atoms with Crippen LogP contribution in [0, 0.1) is 0 Å². The fourth-order valence-electron chi connectivity index (χ4n) is 2.15. The van der Waals surface area contributed by atoms with Gasteiger partial charge in [0.15, 0.2) is 0 Å². The molecule has 1 amide bonds. The van der Waals surface area contributed by atoms with E-state index in [0.29, 0.717) is 11.6 Å². The molecule has 0 aliphatic carbocycles. The van der Waals surface area contributed by atoms with Crippen LogP contribution in [-0.2, 0) is 11.2 Å². The van der Waals surface area contributed by atoms with Gasteiger partial charge in [0, 0.05) is 23.0 Å². The Kier molecular flexibility index (Phi) is 6.16. The van der Waals surface area contributed by atoms with Crippen LogP contribution >= 0.6 is 22.9 Å². The monoisotopic (exact) mass is 351 g/mol. The van der Waals surface area contributed by atoms with Crippen molar-refractivity contribution >= 4 is 28.8 Å². The van der Waals surface area contributed by atoms with E-state index in [1.54, 1.807) is 0 Å². The second-order valence-corrected chi connectivity index (χ2v) is 6.91. The largest absolute Gasteiger partial charge is 0.354 e. The number of rotatable bonds is 7. The Balaban J connectivity index is 1.97. The van der Waals surface area contributed by atoms with Crippen molar-refractivity contribution in [2.45, 2.75) is 38.6 Å². The van der Waals surface area contributed by atoms with E-state index >= 15 is 0 Å². The number of carbonyl (C=O) groups is 1. The molecule has 1 aromatic heterocycles. The summed E-state index contributed by atoms with van der Waals surface area (Å²) in [7, 11) is 0. The molecule has 0 aliphatic rings. The van der Waals surface area contributed by atoms with Gasteiger partial charge in [-0.25, -0.2) is 4.98 Å². The van der Waals surface area contributed by atoms with Crippen molar-refractivity contribution in [1.82, 2.24) is 10.3 Å². The average Bonchev–Trinajstić information content (AvgIpc) is 3.01. The standard InChI is InChI=1S/C17H22ClN3OS/c1-3-17(19,4-2)11-20-15(22)9-12-10-23-16(21-12)13-7-5-6-8-14(13)18/h5-8,10H,3-4,9,11,19H2,1-2H3,(H,20,22). The summed E-state index contributed by atoms with van der Waals surface area (Å²) in [6.45, 7) is 4.55. The van der Waals surface area contributed by atoms with Gasteiger partial charge in [-0.05, 0) is 18.9 Å². The topological polar surface area (TPSA) is 68.0 Å². The Morgan fingerprint density at radius 1 is 1.35 bits per heavy atom. The molecule has 0 saturated carbocycles. The Bertz CT molecular complexity index is 667. The van der Waals surface area contributed by atoms with Crippen molar-refractivity contribution in [3.05, 3.63) is 40.4 Å². The third-order valence-electron chi connectivity index (χ3n) is 4.04. The van der Waals surface area contributed by atoms with Crippen LogP contribution in [-0.4, -0.2) is 23.0 Å². The summed E-state index contributed by atoms with van der Waals surface area (Å²) in [6, 6.07) is 7.57. The molecule has 0 radical (unpaired) electrons. The van der Waals surface area contributed by atoms with Crippen molar-refractivity contribution in [1.29, 1.82) is 0 Å². The molecular weight excluding hydrogens is 330 g/mol. The summed E-state index contributed by atoms with van der Waals surface area (Å²) in [5.41, 5.74) is 7.50. The normalized spacial score (nSPS) is 11.5. The molecule has 0 aliphatic heterocycles. The first-order valence-corrected chi connectivity index (χ1v) is 8.98. The summed E-state index contributed by atoms with van der Waals surface area (Å²) >= 11 is 7.67. The smallest absolute Gasteiger partial charge is 0.226 e. The molecule has 1 aromatic carbocycles. The van der Waals surface area contributed by atoms with Crippen LogP contribution in [0.1, 0.15) is 32.4 Å². The molecule has 0 bridgehead atoms. The van der Waals surface area contributed by atoms with Crippen molar-refractivity contribution < 1.29 is 4.79 Å². The van der Waals surface area contributed by atoms with Gasteiger partial charge < -0.3 is 11.1 Å². The van der Waals surface area contributed by atoms with E-state index in [1.165, 1.54) is 11.3 Å². The zero-order valence-corrected chi connectivity index (χ0v) is 15.0. The first kappa shape index (κ1) is 17.9. The second-order valence-electron chi connectivity index (χ2n) is 5.65. The number of nitrogens with zero attached hydrogens (tertiary/aromatic N) is 1. The molecule has 3 N–H and O–H groups in total. The molecule has 4 nitrogen and oxygen atoms in total. The van der Waals surface area contributed by atoms with Gasteiger partial charge in [-0.3, -0.25) is 4.79 Å². The number of aromatic nitrogens is 1. The zero-order valence-electron chi connectivity index (χ0n) is 13.4. The Morgan fingerprint density at radius 3 is 2.70 bits per heavy atom. The Morgan fingerprint density at radius 2 is 2.04 bits per heavy atom. The van der Waals surface area contributed by atoms with E-state index in [1.807, 2.05) is 43.5 Å². The predicted molar refractivity (Wildman–Crippen MR) is 96.8 cm³/mol. The minimum atomic E-state index is -0.333. The number of nitrogens with one attached hydrogen (secondary N) is 1. The van der Waals surface area contributed by atoms with Crippen LogP contribution in [0.3, 0.4) is 0 Å². The van der Waals surface area contributed by atoms with Gasteiger partial charge in [0.05, 0.1) is 17.1 Å². The molecule has 0 spiro atoms. The molecule has 2 aromatic rings. The highest BCUT2D eigenvalue weighted by atomic mass is 35.5. The van der Waals surface area contributed by atoms with Crippen molar-refractivity contribution in [3.63, 3.8) is 0 Å².